The maximum Gasteiger partial charge on any atom is 0.306 e. The van der Waals surface area contributed by atoms with Crippen molar-refractivity contribution in [3.05, 3.63) is 65.5 Å². The summed E-state index contributed by atoms with van der Waals surface area (Å²) < 4.78 is 4.68. The Morgan fingerprint density at radius 3 is 2.34 bits per heavy atom. The van der Waals surface area contributed by atoms with Crippen LogP contribution in [0.3, 0.4) is 0 Å². The average molecular weight is 458 g/mol. The summed E-state index contributed by atoms with van der Waals surface area (Å²) in [5.74, 6) is -0.617. The van der Waals surface area contributed by atoms with Gasteiger partial charge in [0.05, 0.1) is 30.9 Å². The molecule has 1 N–H and O–H groups in total. The molecule has 6 heteroatoms. The SMILES string of the molecule is COC(=O)CCSC(CC(=O)O)c1ncccc1CCCCCCCCc1ccccc1. The molecule has 174 valence electrons. The third kappa shape index (κ3) is 10.3. The highest BCUT2D eigenvalue weighted by Gasteiger charge is 2.21. The first-order valence-corrected chi connectivity index (χ1v) is 12.5. The van der Waals surface area contributed by atoms with Gasteiger partial charge in [-0.25, -0.2) is 0 Å². The lowest BCUT2D eigenvalue weighted by Gasteiger charge is -2.17. The second-order valence-corrected chi connectivity index (χ2v) is 9.25. The highest BCUT2D eigenvalue weighted by Crippen LogP contribution is 2.34. The van der Waals surface area contributed by atoms with Gasteiger partial charge in [0.1, 0.15) is 0 Å². The van der Waals surface area contributed by atoms with Gasteiger partial charge < -0.3 is 9.84 Å². The van der Waals surface area contributed by atoms with E-state index in [4.69, 9.17) is 0 Å². The Morgan fingerprint density at radius 1 is 0.969 bits per heavy atom. The first-order chi connectivity index (χ1) is 15.6. The fraction of sp³-hybridized carbons (Fsp3) is 0.500. The van der Waals surface area contributed by atoms with E-state index in [0.717, 1.165) is 30.5 Å². The molecule has 0 aliphatic carbocycles. The van der Waals surface area contributed by atoms with Crippen LogP contribution < -0.4 is 0 Å². The highest BCUT2D eigenvalue weighted by molar-refractivity contribution is 7.99. The molecule has 2 aromatic rings. The molecule has 0 aliphatic heterocycles. The molecule has 1 atom stereocenters. The standard InChI is InChI=1S/C26H35NO4S/c1-31-25(30)17-19-32-23(20-24(28)29)26-22(16-11-18-27-26)15-10-5-3-2-4-7-12-21-13-8-6-9-14-21/h6,8-9,11,13-14,16,18,23H,2-5,7,10,12,15,17,19-20H2,1H3,(H,28,29). The number of benzene rings is 1. The number of carbonyl (C=O) groups is 2. The molecule has 0 amide bonds. The van der Waals surface area contributed by atoms with Gasteiger partial charge in [-0.3, -0.25) is 14.6 Å². The number of carboxylic acids is 1. The minimum atomic E-state index is -0.854. The number of thioether (sulfide) groups is 1. The Labute approximate surface area is 196 Å². The molecule has 2 rings (SSSR count). The molecule has 0 bridgehead atoms. The van der Waals surface area contributed by atoms with Crippen LogP contribution in [-0.4, -0.2) is 34.9 Å². The minimum Gasteiger partial charge on any atom is -0.481 e. The number of ether oxygens (including phenoxy) is 1. The molecule has 0 radical (unpaired) electrons. The van der Waals surface area contributed by atoms with Crippen molar-refractivity contribution in [3.8, 4) is 0 Å². The number of methoxy groups -OCH3 is 1. The van der Waals surface area contributed by atoms with Gasteiger partial charge in [0.25, 0.3) is 0 Å². The number of aryl methyl sites for hydroxylation is 2. The number of aromatic nitrogens is 1. The zero-order chi connectivity index (χ0) is 23.0. The molecule has 1 aromatic heterocycles. The molecule has 0 saturated heterocycles. The summed E-state index contributed by atoms with van der Waals surface area (Å²) in [5.41, 5.74) is 3.37. The summed E-state index contributed by atoms with van der Waals surface area (Å²) in [4.78, 5) is 27.3. The Bertz CT molecular complexity index is 812. The molecule has 0 saturated carbocycles. The molecule has 32 heavy (non-hydrogen) atoms. The number of hydrogen-bond acceptors (Lipinski definition) is 5. The van der Waals surface area contributed by atoms with Crippen LogP contribution >= 0.6 is 11.8 Å². The molecule has 1 aromatic carbocycles. The minimum absolute atomic E-state index is 0.00271. The van der Waals surface area contributed by atoms with Gasteiger partial charge in [-0.05, 0) is 42.9 Å². The molecule has 1 unspecified atom stereocenters. The second kappa shape index (κ2) is 15.5. The van der Waals surface area contributed by atoms with Gasteiger partial charge in [-0.2, -0.15) is 11.8 Å². The first-order valence-electron chi connectivity index (χ1n) is 11.5. The van der Waals surface area contributed by atoms with Gasteiger partial charge in [0.15, 0.2) is 0 Å². The Morgan fingerprint density at radius 2 is 1.66 bits per heavy atom. The van der Waals surface area contributed by atoms with Crippen molar-refractivity contribution < 1.29 is 19.4 Å². The van der Waals surface area contributed by atoms with Crippen LogP contribution in [0.2, 0.25) is 0 Å². The second-order valence-electron chi connectivity index (χ2n) is 7.94. The lowest BCUT2D eigenvalue weighted by molar-refractivity contribution is -0.140. The fourth-order valence-corrected chi connectivity index (χ4v) is 4.93. The number of aliphatic carboxylic acids is 1. The number of unbranched alkanes of at least 4 members (excludes halogenated alkanes) is 5. The summed E-state index contributed by atoms with van der Waals surface area (Å²) in [5, 5.41) is 9.09. The zero-order valence-corrected chi connectivity index (χ0v) is 19.8. The Hall–Kier alpha value is -2.34. The fourth-order valence-electron chi connectivity index (χ4n) is 3.73. The van der Waals surface area contributed by atoms with Crippen LogP contribution in [0.5, 0.6) is 0 Å². The van der Waals surface area contributed by atoms with Gasteiger partial charge >= 0.3 is 11.9 Å². The summed E-state index contributed by atoms with van der Waals surface area (Å²) in [6, 6.07) is 14.6. The number of pyridine rings is 1. The van der Waals surface area contributed by atoms with Crippen LogP contribution in [0.1, 0.15) is 73.4 Å². The molecule has 5 nitrogen and oxygen atoms in total. The van der Waals surface area contributed by atoms with E-state index in [9.17, 15) is 14.7 Å². The monoisotopic (exact) mass is 457 g/mol. The number of esters is 1. The van der Waals surface area contributed by atoms with Crippen molar-refractivity contribution in [3.63, 3.8) is 0 Å². The summed E-state index contributed by atoms with van der Waals surface area (Å²) in [6.07, 6.45) is 11.2. The van der Waals surface area contributed by atoms with Gasteiger partial charge in [0.2, 0.25) is 0 Å². The van der Waals surface area contributed by atoms with Crippen LogP contribution in [0.15, 0.2) is 48.7 Å². The van der Waals surface area contributed by atoms with Crippen LogP contribution in [0.4, 0.5) is 0 Å². The number of hydrogen-bond donors (Lipinski definition) is 1. The van der Waals surface area contributed by atoms with E-state index in [1.165, 1.54) is 56.5 Å². The lowest BCUT2D eigenvalue weighted by atomic mass is 10.0. The molecular weight excluding hydrogens is 422 g/mol. The van der Waals surface area contributed by atoms with Gasteiger partial charge in [0, 0.05) is 11.9 Å². The predicted octanol–water partition coefficient (Wildman–Crippen LogP) is 6.02. The molecule has 0 fully saturated rings. The molecular formula is C26H35NO4S. The normalized spacial score (nSPS) is 11.8. The number of nitrogens with zero attached hydrogens (tertiary/aromatic N) is 1. The maximum absolute atomic E-state index is 11.4. The topological polar surface area (TPSA) is 76.5 Å². The van der Waals surface area contributed by atoms with E-state index in [1.807, 2.05) is 6.07 Å². The van der Waals surface area contributed by atoms with Crippen molar-refractivity contribution in [1.82, 2.24) is 4.98 Å². The van der Waals surface area contributed by atoms with E-state index in [2.05, 4.69) is 46.1 Å². The van der Waals surface area contributed by atoms with Crippen molar-refractivity contribution in [2.45, 2.75) is 69.5 Å². The highest BCUT2D eigenvalue weighted by atomic mass is 32.2. The summed E-state index contributed by atoms with van der Waals surface area (Å²) >= 11 is 1.47. The Balaban J connectivity index is 1.75. The van der Waals surface area contributed by atoms with Crippen molar-refractivity contribution in [2.75, 3.05) is 12.9 Å². The van der Waals surface area contributed by atoms with Crippen LogP contribution in [-0.2, 0) is 27.2 Å². The third-order valence-corrected chi connectivity index (χ3v) is 6.68. The van der Waals surface area contributed by atoms with E-state index in [1.54, 1.807) is 6.20 Å². The van der Waals surface area contributed by atoms with Crippen molar-refractivity contribution in [1.29, 1.82) is 0 Å². The van der Waals surface area contributed by atoms with Gasteiger partial charge in [-0.1, -0.05) is 62.1 Å². The molecule has 1 heterocycles. The predicted molar refractivity (Wildman–Crippen MR) is 130 cm³/mol. The third-order valence-electron chi connectivity index (χ3n) is 5.45. The van der Waals surface area contributed by atoms with Crippen molar-refractivity contribution >= 4 is 23.7 Å². The summed E-state index contributed by atoms with van der Waals surface area (Å²) in [6.45, 7) is 0. The van der Waals surface area contributed by atoms with E-state index in [-0.39, 0.29) is 24.1 Å². The molecule has 0 spiro atoms. The maximum atomic E-state index is 11.4. The Kier molecular flexibility index (Phi) is 12.5. The van der Waals surface area contributed by atoms with Crippen LogP contribution in [0.25, 0.3) is 0 Å². The quantitative estimate of drug-likeness (QED) is 0.245. The van der Waals surface area contributed by atoms with E-state index in [0.29, 0.717) is 5.75 Å². The number of rotatable bonds is 16. The number of carboxylic acid groups (broad SMARTS) is 1. The smallest absolute Gasteiger partial charge is 0.306 e. The zero-order valence-electron chi connectivity index (χ0n) is 19.0. The van der Waals surface area contributed by atoms with E-state index >= 15 is 0 Å². The van der Waals surface area contributed by atoms with Crippen LogP contribution in [0, 0.1) is 0 Å². The average Bonchev–Trinajstić information content (AvgIpc) is 2.80. The molecule has 0 aliphatic rings. The first kappa shape index (κ1) is 25.9. The largest absolute Gasteiger partial charge is 0.481 e. The summed E-state index contributed by atoms with van der Waals surface area (Å²) in [7, 11) is 1.36. The van der Waals surface area contributed by atoms with Crippen molar-refractivity contribution in [2.24, 2.45) is 0 Å². The number of carbonyl (C=O) groups excluding carboxylic acids is 1. The van der Waals surface area contributed by atoms with Gasteiger partial charge in [-0.15, -0.1) is 0 Å². The van der Waals surface area contributed by atoms with E-state index < -0.39 is 5.97 Å². The lowest BCUT2D eigenvalue weighted by Crippen LogP contribution is -2.10.